The van der Waals surface area contributed by atoms with Gasteiger partial charge in [-0.05, 0) is 43.2 Å². The van der Waals surface area contributed by atoms with Crippen LogP contribution in [0.5, 0.6) is 0 Å². The van der Waals surface area contributed by atoms with Crippen LogP contribution in [0.1, 0.15) is 33.5 Å². The molecule has 0 fully saturated rings. The molecule has 0 aliphatic rings. The molecule has 1 heterocycles. The Morgan fingerprint density at radius 3 is 2.39 bits per heavy atom. The molecule has 0 saturated carbocycles. The Hall–Kier alpha value is -4.83. The Morgan fingerprint density at radius 1 is 0.976 bits per heavy atom. The van der Waals surface area contributed by atoms with Crippen LogP contribution in [-0.4, -0.2) is 53.3 Å². The van der Waals surface area contributed by atoms with E-state index in [0.29, 0.717) is 29.6 Å². The van der Waals surface area contributed by atoms with E-state index in [0.717, 1.165) is 11.1 Å². The van der Waals surface area contributed by atoms with Crippen molar-refractivity contribution in [3.05, 3.63) is 122 Å². The molecule has 0 aliphatic carbocycles. The van der Waals surface area contributed by atoms with Crippen LogP contribution in [0.2, 0.25) is 0 Å². The van der Waals surface area contributed by atoms with Gasteiger partial charge in [0.2, 0.25) is 5.91 Å². The second-order valence-electron chi connectivity index (χ2n) is 9.70. The summed E-state index contributed by atoms with van der Waals surface area (Å²) in [5, 5.41) is 11.5. The molecule has 212 valence electrons. The first kappa shape index (κ1) is 29.2. The molecule has 0 saturated heterocycles. The molecule has 0 spiro atoms. The highest BCUT2D eigenvalue weighted by Crippen LogP contribution is 2.17. The summed E-state index contributed by atoms with van der Waals surface area (Å²) in [7, 11) is 1.55. The van der Waals surface area contributed by atoms with Crippen LogP contribution in [-0.2, 0) is 22.6 Å². The summed E-state index contributed by atoms with van der Waals surface area (Å²) in [6, 6.07) is 20.0. The Labute approximate surface area is 236 Å². The Bertz CT molecular complexity index is 1580. The highest BCUT2D eigenvalue weighted by Gasteiger charge is 2.24. The van der Waals surface area contributed by atoms with Gasteiger partial charge in [-0.1, -0.05) is 42.0 Å². The van der Waals surface area contributed by atoms with E-state index in [2.05, 4.69) is 0 Å². The van der Waals surface area contributed by atoms with Gasteiger partial charge in [-0.15, -0.1) is 0 Å². The van der Waals surface area contributed by atoms with Gasteiger partial charge in [-0.2, -0.15) is 0 Å². The van der Waals surface area contributed by atoms with Gasteiger partial charge in [0.25, 0.3) is 11.6 Å². The van der Waals surface area contributed by atoms with Crippen molar-refractivity contribution in [3.8, 4) is 0 Å². The van der Waals surface area contributed by atoms with Gasteiger partial charge in [0.15, 0.2) is 5.43 Å². The van der Waals surface area contributed by atoms with Crippen LogP contribution in [0.15, 0.2) is 88.3 Å². The fraction of sp³-hybridized carbons (Fsp3) is 0.258. The number of hydrogen-bond donors (Lipinski definition) is 0. The third kappa shape index (κ3) is 7.43. The lowest BCUT2D eigenvalue weighted by atomic mass is 10.1. The van der Waals surface area contributed by atoms with Crippen LogP contribution in [0.4, 0.5) is 5.69 Å². The number of nitro groups is 1. The SMILES string of the molecule is COCCCN(CC(=O)N(Cc1ccccc1)Cc1coc2ccc(C)cc2c1=O)C(=O)c1ccc([N+](=O)[O-])cc1. The molecule has 4 rings (SSSR count). The predicted octanol–water partition coefficient (Wildman–Crippen LogP) is 4.72. The van der Waals surface area contributed by atoms with Crippen molar-refractivity contribution in [3.63, 3.8) is 0 Å². The van der Waals surface area contributed by atoms with E-state index >= 15 is 0 Å². The van der Waals surface area contributed by atoms with E-state index in [4.69, 9.17) is 9.15 Å². The standard InChI is InChI=1S/C31H31N3O7/c1-22-9-14-28-27(17-22)30(36)25(21-41-28)19-33(18-23-7-4-3-5-8-23)29(35)20-32(15-6-16-40-2)31(37)24-10-12-26(13-11-24)34(38)39/h3-5,7-14,17,21H,6,15-16,18-20H2,1-2H3. The zero-order valence-corrected chi connectivity index (χ0v) is 22.9. The lowest BCUT2D eigenvalue weighted by Gasteiger charge is -2.28. The second-order valence-corrected chi connectivity index (χ2v) is 9.70. The minimum absolute atomic E-state index is 0.0163. The van der Waals surface area contributed by atoms with Crippen molar-refractivity contribution in [2.45, 2.75) is 26.4 Å². The van der Waals surface area contributed by atoms with E-state index in [1.165, 1.54) is 40.3 Å². The Morgan fingerprint density at radius 2 is 1.71 bits per heavy atom. The number of amides is 2. The monoisotopic (exact) mass is 557 g/mol. The minimum Gasteiger partial charge on any atom is -0.464 e. The number of carbonyl (C=O) groups excluding carboxylic acids is 2. The number of non-ortho nitro benzene ring substituents is 1. The first-order valence-electron chi connectivity index (χ1n) is 13.1. The van der Waals surface area contributed by atoms with Crippen molar-refractivity contribution >= 4 is 28.5 Å². The van der Waals surface area contributed by atoms with E-state index in [-0.39, 0.29) is 48.8 Å². The van der Waals surface area contributed by atoms with Crippen LogP contribution in [0.25, 0.3) is 11.0 Å². The van der Waals surface area contributed by atoms with E-state index in [1.54, 1.807) is 19.2 Å². The van der Waals surface area contributed by atoms with Crippen LogP contribution >= 0.6 is 0 Å². The smallest absolute Gasteiger partial charge is 0.269 e. The molecule has 0 aliphatic heterocycles. The van der Waals surface area contributed by atoms with Crippen LogP contribution in [0.3, 0.4) is 0 Å². The molecule has 41 heavy (non-hydrogen) atoms. The predicted molar refractivity (Wildman–Crippen MR) is 153 cm³/mol. The topological polar surface area (TPSA) is 123 Å². The molecule has 0 radical (unpaired) electrons. The van der Waals surface area contributed by atoms with Gasteiger partial charge in [0.1, 0.15) is 12.1 Å². The molecule has 0 bridgehead atoms. The first-order chi connectivity index (χ1) is 19.8. The zero-order chi connectivity index (χ0) is 29.4. The Kier molecular flexibility index (Phi) is 9.60. The lowest BCUT2D eigenvalue weighted by molar-refractivity contribution is -0.384. The highest BCUT2D eigenvalue weighted by molar-refractivity contribution is 5.96. The van der Waals surface area contributed by atoms with E-state index in [9.17, 15) is 24.5 Å². The number of fused-ring (bicyclic) bond motifs is 1. The molecule has 0 unspecified atom stereocenters. The lowest BCUT2D eigenvalue weighted by Crippen LogP contribution is -2.43. The maximum Gasteiger partial charge on any atom is 0.269 e. The molecule has 0 atom stereocenters. The highest BCUT2D eigenvalue weighted by atomic mass is 16.6. The van der Waals surface area contributed by atoms with Crippen LogP contribution in [0, 0.1) is 17.0 Å². The van der Waals surface area contributed by atoms with Gasteiger partial charge in [-0.25, -0.2) is 0 Å². The summed E-state index contributed by atoms with van der Waals surface area (Å²) in [4.78, 5) is 53.9. The fourth-order valence-corrected chi connectivity index (χ4v) is 4.46. The number of nitrogens with zero attached hydrogens (tertiary/aromatic N) is 3. The zero-order valence-electron chi connectivity index (χ0n) is 22.9. The van der Waals surface area contributed by atoms with Crippen molar-refractivity contribution in [2.24, 2.45) is 0 Å². The number of rotatable bonds is 12. The van der Waals surface area contributed by atoms with Crippen molar-refractivity contribution in [1.29, 1.82) is 0 Å². The average Bonchev–Trinajstić information content (AvgIpc) is 2.98. The first-order valence-corrected chi connectivity index (χ1v) is 13.1. The summed E-state index contributed by atoms with van der Waals surface area (Å²) in [5.74, 6) is -0.810. The number of carbonyl (C=O) groups is 2. The normalized spacial score (nSPS) is 10.9. The van der Waals surface area contributed by atoms with Gasteiger partial charge in [0.05, 0.1) is 28.7 Å². The second kappa shape index (κ2) is 13.5. The molecule has 3 aromatic carbocycles. The molecule has 2 amide bonds. The number of nitro benzene ring substituents is 1. The third-order valence-corrected chi connectivity index (χ3v) is 6.64. The summed E-state index contributed by atoms with van der Waals surface area (Å²) in [6.07, 6.45) is 1.86. The van der Waals surface area contributed by atoms with Crippen molar-refractivity contribution < 1.29 is 23.7 Å². The summed E-state index contributed by atoms with van der Waals surface area (Å²) >= 11 is 0. The van der Waals surface area contributed by atoms with E-state index < -0.39 is 10.8 Å². The van der Waals surface area contributed by atoms with Gasteiger partial charge in [0, 0.05) is 44.5 Å². The molecule has 10 heteroatoms. The summed E-state index contributed by atoms with van der Waals surface area (Å²) in [6.45, 7) is 2.43. The summed E-state index contributed by atoms with van der Waals surface area (Å²) < 4.78 is 10.8. The van der Waals surface area contributed by atoms with E-state index in [1.807, 2.05) is 43.3 Å². The van der Waals surface area contributed by atoms with Gasteiger partial charge < -0.3 is 19.0 Å². The summed E-state index contributed by atoms with van der Waals surface area (Å²) in [5.41, 5.74) is 2.41. The van der Waals surface area contributed by atoms with Gasteiger partial charge >= 0.3 is 0 Å². The molecule has 10 nitrogen and oxygen atoms in total. The Balaban J connectivity index is 1.62. The number of benzene rings is 3. The largest absolute Gasteiger partial charge is 0.464 e. The fourth-order valence-electron chi connectivity index (χ4n) is 4.46. The molecular formula is C31H31N3O7. The van der Waals surface area contributed by atoms with Crippen molar-refractivity contribution in [1.82, 2.24) is 9.80 Å². The average molecular weight is 558 g/mol. The van der Waals surface area contributed by atoms with Crippen LogP contribution < -0.4 is 5.43 Å². The maximum atomic E-state index is 13.8. The maximum absolute atomic E-state index is 13.8. The molecule has 4 aromatic rings. The number of aryl methyl sites for hydroxylation is 1. The third-order valence-electron chi connectivity index (χ3n) is 6.64. The quantitative estimate of drug-likeness (QED) is 0.140. The number of methoxy groups -OCH3 is 1. The number of ether oxygens (including phenoxy) is 1. The molecule has 1 aromatic heterocycles. The number of hydrogen-bond acceptors (Lipinski definition) is 7. The molecular weight excluding hydrogens is 526 g/mol. The minimum atomic E-state index is -0.541. The van der Waals surface area contributed by atoms with Gasteiger partial charge in [-0.3, -0.25) is 24.5 Å². The van der Waals surface area contributed by atoms with Crippen molar-refractivity contribution in [2.75, 3.05) is 26.8 Å². The molecule has 0 N–H and O–H groups in total.